The van der Waals surface area contributed by atoms with Crippen molar-refractivity contribution in [1.29, 1.82) is 0 Å². The van der Waals surface area contributed by atoms with Gasteiger partial charge in [0.1, 0.15) is 0 Å². The minimum Gasteiger partial charge on any atom is -0.875 e. The number of hydrogen-bond acceptors (Lipinski definition) is 3. The van der Waals surface area contributed by atoms with E-state index in [1.165, 1.54) is 19.1 Å². The third-order valence-corrected chi connectivity index (χ3v) is 2.96. The lowest BCUT2D eigenvalue weighted by atomic mass is 10.4. The van der Waals surface area contributed by atoms with Crippen LogP contribution in [0.1, 0.15) is 6.92 Å². The van der Waals surface area contributed by atoms with Crippen LogP contribution < -0.4 is 5.11 Å². The van der Waals surface area contributed by atoms with E-state index in [0.717, 1.165) is 5.41 Å². The second-order valence-electron chi connectivity index (χ2n) is 2.59. The van der Waals surface area contributed by atoms with E-state index in [1.54, 1.807) is 18.2 Å². The highest BCUT2D eigenvalue weighted by Gasteiger charge is 2.07. The molecular weight excluding hydrogens is 188 g/mol. The van der Waals surface area contributed by atoms with Crippen LogP contribution in [0, 0.1) is 0 Å². The Morgan fingerprint density at radius 3 is 2.31 bits per heavy atom. The molecule has 0 amide bonds. The van der Waals surface area contributed by atoms with Crippen molar-refractivity contribution in [1.82, 2.24) is 0 Å². The van der Waals surface area contributed by atoms with Crippen LogP contribution in [0.4, 0.5) is 0 Å². The van der Waals surface area contributed by atoms with E-state index < -0.39 is 15.6 Å². The quantitative estimate of drug-likeness (QED) is 0.655. The first-order valence-electron chi connectivity index (χ1n) is 3.68. The molecule has 0 unspecified atom stereocenters. The Labute approximate surface area is 77.3 Å². The first-order valence-corrected chi connectivity index (χ1v) is 5.22. The lowest BCUT2D eigenvalue weighted by molar-refractivity contribution is -0.301. The van der Waals surface area contributed by atoms with Crippen LogP contribution in [-0.2, 0) is 9.84 Å². The second-order valence-corrected chi connectivity index (χ2v) is 4.38. The van der Waals surface area contributed by atoms with Gasteiger partial charge in [-0.15, -0.1) is 5.76 Å². The van der Waals surface area contributed by atoms with Crippen LogP contribution in [0.5, 0.6) is 0 Å². The van der Waals surface area contributed by atoms with Gasteiger partial charge < -0.3 is 5.11 Å². The summed E-state index contributed by atoms with van der Waals surface area (Å²) in [7, 11) is -3.53. The van der Waals surface area contributed by atoms with E-state index in [1.807, 2.05) is 0 Å². The summed E-state index contributed by atoms with van der Waals surface area (Å²) in [5, 5.41) is 11.3. The molecule has 1 aromatic rings. The molecule has 13 heavy (non-hydrogen) atoms. The summed E-state index contributed by atoms with van der Waals surface area (Å²) in [5.74, 6) is -0.469. The smallest absolute Gasteiger partial charge is 0.198 e. The van der Waals surface area contributed by atoms with Crippen LogP contribution in [0.2, 0.25) is 0 Å². The Kier molecular flexibility index (Phi) is 2.72. The van der Waals surface area contributed by atoms with Crippen molar-refractivity contribution in [2.24, 2.45) is 0 Å². The fourth-order valence-electron chi connectivity index (χ4n) is 0.897. The zero-order valence-corrected chi connectivity index (χ0v) is 7.91. The van der Waals surface area contributed by atoms with Crippen molar-refractivity contribution in [2.45, 2.75) is 11.8 Å². The standard InChI is InChI=1S/C9H10O3S/c1-8(10)7-13(11,12)9-5-3-2-4-6-9/h2-7,10H,1H3/p-1/b8-7-. The minimum absolute atomic E-state index is 0.144. The highest BCUT2D eigenvalue weighted by molar-refractivity contribution is 7.94. The highest BCUT2D eigenvalue weighted by Crippen LogP contribution is 2.11. The lowest BCUT2D eigenvalue weighted by Gasteiger charge is -2.04. The molecule has 0 bridgehead atoms. The lowest BCUT2D eigenvalue weighted by Crippen LogP contribution is -2.04. The van der Waals surface area contributed by atoms with E-state index in [9.17, 15) is 13.5 Å². The molecule has 0 heterocycles. The van der Waals surface area contributed by atoms with E-state index in [4.69, 9.17) is 0 Å². The zero-order valence-electron chi connectivity index (χ0n) is 7.10. The fraction of sp³-hybridized carbons (Fsp3) is 0.111. The van der Waals surface area contributed by atoms with Crippen LogP contribution in [0.25, 0.3) is 0 Å². The van der Waals surface area contributed by atoms with Crippen LogP contribution >= 0.6 is 0 Å². The van der Waals surface area contributed by atoms with Gasteiger partial charge in [-0.3, -0.25) is 0 Å². The van der Waals surface area contributed by atoms with E-state index in [0.29, 0.717) is 0 Å². The summed E-state index contributed by atoms with van der Waals surface area (Å²) in [6, 6.07) is 7.85. The molecule has 0 aliphatic carbocycles. The number of rotatable bonds is 2. The number of benzene rings is 1. The predicted molar refractivity (Wildman–Crippen MR) is 47.4 cm³/mol. The molecule has 0 atom stereocenters. The van der Waals surface area contributed by atoms with Gasteiger partial charge in [-0.1, -0.05) is 25.1 Å². The Hall–Kier alpha value is -1.29. The van der Waals surface area contributed by atoms with E-state index in [-0.39, 0.29) is 4.90 Å². The molecule has 0 radical (unpaired) electrons. The summed E-state index contributed by atoms with van der Waals surface area (Å²) in [4.78, 5) is 0.144. The topological polar surface area (TPSA) is 57.2 Å². The van der Waals surface area contributed by atoms with Crippen molar-refractivity contribution in [2.75, 3.05) is 0 Å². The SMILES string of the molecule is C/C([O-])=C/S(=O)(=O)c1ccccc1. The normalized spacial score (nSPS) is 12.8. The molecule has 3 nitrogen and oxygen atoms in total. The third-order valence-electron chi connectivity index (χ3n) is 1.39. The number of hydrogen-bond donors (Lipinski definition) is 0. The fourth-order valence-corrected chi connectivity index (χ4v) is 2.01. The van der Waals surface area contributed by atoms with Gasteiger partial charge >= 0.3 is 0 Å². The largest absolute Gasteiger partial charge is 0.875 e. The highest BCUT2D eigenvalue weighted by atomic mass is 32.2. The summed E-state index contributed by atoms with van der Waals surface area (Å²) in [5.41, 5.74) is 0. The monoisotopic (exact) mass is 197 g/mol. The van der Waals surface area contributed by atoms with Gasteiger partial charge in [0.05, 0.1) is 4.90 Å². The molecule has 0 aliphatic rings. The minimum atomic E-state index is -3.53. The predicted octanol–water partition coefficient (Wildman–Crippen LogP) is 0.682. The van der Waals surface area contributed by atoms with Gasteiger partial charge in [-0.25, -0.2) is 8.42 Å². The second kappa shape index (κ2) is 3.62. The maximum absolute atomic E-state index is 11.4. The maximum Gasteiger partial charge on any atom is 0.198 e. The van der Waals surface area contributed by atoms with Crippen LogP contribution in [0.3, 0.4) is 0 Å². The molecule has 4 heteroatoms. The molecule has 1 aromatic carbocycles. The van der Waals surface area contributed by atoms with Crippen molar-refractivity contribution in [3.63, 3.8) is 0 Å². The Morgan fingerprint density at radius 1 is 1.31 bits per heavy atom. The summed E-state index contributed by atoms with van der Waals surface area (Å²) in [6.07, 6.45) is 0. The number of allylic oxidation sites excluding steroid dienone is 1. The van der Waals surface area contributed by atoms with Crippen molar-refractivity contribution in [3.05, 3.63) is 41.5 Å². The van der Waals surface area contributed by atoms with Crippen LogP contribution in [-0.4, -0.2) is 8.42 Å². The van der Waals surface area contributed by atoms with Crippen molar-refractivity contribution >= 4 is 9.84 Å². The van der Waals surface area contributed by atoms with Gasteiger partial charge in [-0.2, -0.15) is 0 Å². The summed E-state index contributed by atoms with van der Waals surface area (Å²) in [6.45, 7) is 1.21. The summed E-state index contributed by atoms with van der Waals surface area (Å²) < 4.78 is 22.7. The van der Waals surface area contributed by atoms with Crippen molar-refractivity contribution < 1.29 is 13.5 Å². The molecule has 1 rings (SSSR count). The Morgan fingerprint density at radius 2 is 1.85 bits per heavy atom. The van der Waals surface area contributed by atoms with Crippen molar-refractivity contribution in [3.8, 4) is 0 Å². The van der Waals surface area contributed by atoms with E-state index in [2.05, 4.69) is 0 Å². The molecular formula is C9H9O3S-. The molecule has 0 saturated carbocycles. The average molecular weight is 197 g/mol. The molecule has 0 N–H and O–H groups in total. The molecule has 0 aromatic heterocycles. The number of sulfone groups is 1. The summed E-state index contributed by atoms with van der Waals surface area (Å²) >= 11 is 0. The van der Waals surface area contributed by atoms with Gasteiger partial charge in [0.15, 0.2) is 9.84 Å². The van der Waals surface area contributed by atoms with Gasteiger partial charge in [-0.05, 0) is 12.1 Å². The maximum atomic E-state index is 11.4. The molecule has 0 aliphatic heterocycles. The van der Waals surface area contributed by atoms with E-state index >= 15 is 0 Å². The first-order chi connectivity index (χ1) is 6.02. The zero-order chi connectivity index (χ0) is 9.90. The van der Waals surface area contributed by atoms with Gasteiger partial charge in [0.2, 0.25) is 0 Å². The first kappa shape index (κ1) is 9.80. The Bertz CT molecular complexity index is 400. The molecule has 0 saturated heterocycles. The van der Waals surface area contributed by atoms with Gasteiger partial charge in [0.25, 0.3) is 0 Å². The Balaban J connectivity index is 3.18. The molecule has 0 fully saturated rings. The molecule has 70 valence electrons. The van der Waals surface area contributed by atoms with Crippen LogP contribution in [0.15, 0.2) is 46.4 Å². The molecule has 0 spiro atoms. The van der Waals surface area contributed by atoms with Gasteiger partial charge in [0, 0.05) is 5.41 Å². The third kappa shape index (κ3) is 2.59. The average Bonchev–Trinajstić information content (AvgIpc) is 2.04.